The monoisotopic (exact) mass is 321 g/mol. The molecule has 0 spiro atoms. The fourth-order valence-electron chi connectivity index (χ4n) is 3.04. The van der Waals surface area contributed by atoms with Gasteiger partial charge in [-0.3, -0.25) is 14.9 Å². The van der Waals surface area contributed by atoms with E-state index in [1.807, 2.05) is 0 Å². The van der Waals surface area contributed by atoms with Crippen LogP contribution in [0, 0.1) is 16.0 Å². The third-order valence-electron chi connectivity index (χ3n) is 4.30. The second-order valence-corrected chi connectivity index (χ2v) is 5.96. The number of carbonyl (C=O) groups excluding carboxylic acids is 1. The summed E-state index contributed by atoms with van der Waals surface area (Å²) in [4.78, 5) is 22.2. The van der Waals surface area contributed by atoms with Crippen LogP contribution in [0.15, 0.2) is 18.2 Å². The molecule has 0 atom stereocenters. The van der Waals surface area contributed by atoms with Crippen molar-refractivity contribution in [2.45, 2.75) is 51.4 Å². The molecule has 1 saturated carbocycles. The second-order valence-electron chi connectivity index (χ2n) is 5.96. The van der Waals surface area contributed by atoms with Gasteiger partial charge in [0, 0.05) is 12.5 Å². The number of nitrogens with zero attached hydrogens (tertiary/aromatic N) is 1. The lowest BCUT2D eigenvalue weighted by Gasteiger charge is -2.21. The molecule has 0 aromatic heterocycles. The third kappa shape index (κ3) is 5.23. The number of hydrogen-bond donors (Lipinski definition) is 0. The van der Waals surface area contributed by atoms with Crippen molar-refractivity contribution in [3.63, 3.8) is 0 Å². The highest BCUT2D eigenvalue weighted by molar-refractivity contribution is 5.73. The molecule has 1 aromatic rings. The molecule has 126 valence electrons. The molecule has 6 heteroatoms. The molecular formula is C17H23NO5. The number of esters is 1. The van der Waals surface area contributed by atoms with E-state index in [0.717, 1.165) is 18.8 Å². The summed E-state index contributed by atoms with van der Waals surface area (Å²) in [5, 5.41) is 10.8. The normalized spacial score (nSPS) is 15.2. The van der Waals surface area contributed by atoms with E-state index in [-0.39, 0.29) is 17.4 Å². The van der Waals surface area contributed by atoms with Crippen molar-refractivity contribution in [1.82, 2.24) is 0 Å². The summed E-state index contributed by atoms with van der Waals surface area (Å²) >= 11 is 0. The molecule has 0 radical (unpaired) electrons. The first kappa shape index (κ1) is 17.2. The van der Waals surface area contributed by atoms with E-state index in [4.69, 9.17) is 9.47 Å². The van der Waals surface area contributed by atoms with E-state index >= 15 is 0 Å². The Balaban J connectivity index is 1.86. The van der Waals surface area contributed by atoms with Gasteiger partial charge in [-0.25, -0.2) is 0 Å². The minimum absolute atomic E-state index is 0.101. The Labute approximate surface area is 135 Å². The molecule has 0 heterocycles. The first-order chi connectivity index (χ1) is 11.1. The topological polar surface area (TPSA) is 78.7 Å². The summed E-state index contributed by atoms with van der Waals surface area (Å²) in [6.07, 6.45) is 8.58. The van der Waals surface area contributed by atoms with E-state index in [1.54, 1.807) is 0 Å². The Morgan fingerprint density at radius 2 is 2.00 bits per heavy atom. The molecule has 2 rings (SSSR count). The van der Waals surface area contributed by atoms with Crippen molar-refractivity contribution in [3.05, 3.63) is 28.3 Å². The van der Waals surface area contributed by atoms with Crippen LogP contribution >= 0.6 is 0 Å². The Morgan fingerprint density at radius 1 is 1.26 bits per heavy atom. The quantitative estimate of drug-likeness (QED) is 0.324. The first-order valence-corrected chi connectivity index (χ1v) is 8.13. The largest absolute Gasteiger partial charge is 0.493 e. The number of hydrogen-bond acceptors (Lipinski definition) is 5. The van der Waals surface area contributed by atoms with Crippen molar-refractivity contribution in [1.29, 1.82) is 0 Å². The molecule has 0 unspecified atom stereocenters. The number of carbonyl (C=O) groups is 1. The van der Waals surface area contributed by atoms with Crippen molar-refractivity contribution >= 4 is 11.7 Å². The van der Waals surface area contributed by atoms with Crippen LogP contribution in [0.5, 0.6) is 11.5 Å². The van der Waals surface area contributed by atoms with E-state index in [0.29, 0.717) is 12.2 Å². The van der Waals surface area contributed by atoms with Gasteiger partial charge in [-0.05, 0) is 24.8 Å². The van der Waals surface area contributed by atoms with Gasteiger partial charge >= 0.3 is 5.97 Å². The Bertz CT molecular complexity index is 552. The maximum atomic E-state index is 12.0. The van der Waals surface area contributed by atoms with Crippen molar-refractivity contribution in [3.8, 4) is 11.5 Å². The molecule has 1 aliphatic carbocycles. The van der Waals surface area contributed by atoms with Gasteiger partial charge in [0.2, 0.25) is 0 Å². The van der Waals surface area contributed by atoms with Crippen molar-refractivity contribution in [2.24, 2.45) is 5.92 Å². The Hall–Kier alpha value is -2.11. The predicted molar refractivity (Wildman–Crippen MR) is 85.7 cm³/mol. The Kier molecular flexibility index (Phi) is 6.38. The Morgan fingerprint density at radius 3 is 2.65 bits per heavy atom. The number of ether oxygens (including phenoxy) is 2. The maximum absolute atomic E-state index is 12.0. The number of methoxy groups -OCH3 is 1. The van der Waals surface area contributed by atoms with Gasteiger partial charge in [0.25, 0.3) is 5.69 Å². The maximum Gasteiger partial charge on any atom is 0.311 e. The van der Waals surface area contributed by atoms with Crippen LogP contribution < -0.4 is 9.47 Å². The van der Waals surface area contributed by atoms with Gasteiger partial charge in [0.05, 0.1) is 18.1 Å². The molecule has 23 heavy (non-hydrogen) atoms. The highest BCUT2D eigenvalue weighted by Gasteiger charge is 2.17. The zero-order chi connectivity index (χ0) is 16.7. The van der Waals surface area contributed by atoms with E-state index in [1.165, 1.54) is 57.4 Å². The summed E-state index contributed by atoms with van der Waals surface area (Å²) in [6, 6.07) is 3.97. The van der Waals surface area contributed by atoms with Crippen molar-refractivity contribution in [2.75, 3.05) is 7.11 Å². The van der Waals surface area contributed by atoms with Crippen molar-refractivity contribution < 1.29 is 19.2 Å². The smallest absolute Gasteiger partial charge is 0.311 e. The predicted octanol–water partition coefficient (Wildman–Crippen LogP) is 4.26. The van der Waals surface area contributed by atoms with Crippen LogP contribution in [0.3, 0.4) is 0 Å². The highest BCUT2D eigenvalue weighted by Crippen LogP contribution is 2.32. The highest BCUT2D eigenvalue weighted by atomic mass is 16.6. The summed E-state index contributed by atoms with van der Waals surface area (Å²) in [6.45, 7) is 0. The molecule has 1 aromatic carbocycles. The minimum Gasteiger partial charge on any atom is -0.493 e. The van der Waals surface area contributed by atoms with Gasteiger partial charge in [-0.1, -0.05) is 32.1 Å². The fourth-order valence-corrected chi connectivity index (χ4v) is 3.04. The van der Waals surface area contributed by atoms with Gasteiger partial charge < -0.3 is 9.47 Å². The molecule has 1 fully saturated rings. The lowest BCUT2D eigenvalue weighted by Crippen LogP contribution is -2.11. The lowest BCUT2D eigenvalue weighted by molar-refractivity contribution is -0.384. The molecule has 0 aliphatic heterocycles. The van der Waals surface area contributed by atoms with Crippen LogP contribution in [-0.4, -0.2) is 18.0 Å². The van der Waals surface area contributed by atoms with E-state index < -0.39 is 4.92 Å². The van der Waals surface area contributed by atoms with Crippen LogP contribution in [0.1, 0.15) is 51.4 Å². The molecule has 1 aliphatic rings. The van der Waals surface area contributed by atoms with Gasteiger partial charge in [-0.2, -0.15) is 0 Å². The average Bonchev–Trinajstić information content (AvgIpc) is 2.55. The standard InChI is InChI=1S/C17H23NO5/c1-22-15-11-10-14(18(20)21)12-16(15)23-17(19)9-5-8-13-6-3-2-4-7-13/h10-13H,2-9H2,1H3. The average molecular weight is 321 g/mol. The zero-order valence-electron chi connectivity index (χ0n) is 13.5. The number of nitro groups is 1. The fraction of sp³-hybridized carbons (Fsp3) is 0.588. The zero-order valence-corrected chi connectivity index (χ0v) is 13.5. The van der Waals surface area contributed by atoms with Gasteiger partial charge in [0.15, 0.2) is 11.5 Å². The second kappa shape index (κ2) is 8.50. The van der Waals surface area contributed by atoms with E-state index in [2.05, 4.69) is 0 Å². The number of rotatable bonds is 7. The van der Waals surface area contributed by atoms with Gasteiger partial charge in [-0.15, -0.1) is 0 Å². The lowest BCUT2D eigenvalue weighted by atomic mass is 9.86. The summed E-state index contributed by atoms with van der Waals surface area (Å²) in [5.74, 6) is 0.768. The number of nitro benzene ring substituents is 1. The molecule has 0 saturated heterocycles. The molecule has 6 nitrogen and oxygen atoms in total. The summed E-state index contributed by atoms with van der Waals surface area (Å²) in [7, 11) is 1.43. The van der Waals surface area contributed by atoms with Crippen LogP contribution in [0.4, 0.5) is 5.69 Å². The van der Waals surface area contributed by atoms with E-state index in [9.17, 15) is 14.9 Å². The minimum atomic E-state index is -0.528. The third-order valence-corrected chi connectivity index (χ3v) is 4.30. The molecular weight excluding hydrogens is 298 g/mol. The molecule has 0 amide bonds. The SMILES string of the molecule is COc1ccc([N+](=O)[O-])cc1OC(=O)CCCC1CCCCC1. The summed E-state index contributed by atoms with van der Waals surface area (Å²) in [5.41, 5.74) is -0.129. The van der Waals surface area contributed by atoms with Crippen LogP contribution in [0.2, 0.25) is 0 Å². The number of non-ortho nitro benzene ring substituents is 1. The summed E-state index contributed by atoms with van der Waals surface area (Å²) < 4.78 is 10.3. The van der Waals surface area contributed by atoms with Gasteiger partial charge in [0.1, 0.15) is 0 Å². The van der Waals surface area contributed by atoms with Crippen LogP contribution in [-0.2, 0) is 4.79 Å². The van der Waals surface area contributed by atoms with Crippen LogP contribution in [0.25, 0.3) is 0 Å². The first-order valence-electron chi connectivity index (χ1n) is 8.13. The molecule has 0 bridgehead atoms. The number of benzene rings is 1. The molecule has 0 N–H and O–H groups in total.